The smallest absolute Gasteiger partial charge is 0.263 e. The zero-order chi connectivity index (χ0) is 17.4. The summed E-state index contributed by atoms with van der Waals surface area (Å²) in [6.45, 7) is 5.35. The Kier molecular flexibility index (Phi) is 4.38. The Hall–Kier alpha value is -2.25. The summed E-state index contributed by atoms with van der Waals surface area (Å²) in [6.07, 6.45) is 0. The molecule has 0 atom stereocenters. The summed E-state index contributed by atoms with van der Waals surface area (Å²) in [4.78, 5) is 17.9. The van der Waals surface area contributed by atoms with Crippen LogP contribution in [-0.4, -0.2) is 16.0 Å². The van der Waals surface area contributed by atoms with Crippen LogP contribution in [0.25, 0.3) is 11.3 Å². The molecule has 2 heterocycles. The van der Waals surface area contributed by atoms with Crippen molar-refractivity contribution in [2.45, 2.75) is 20.8 Å². The third-order valence-electron chi connectivity index (χ3n) is 3.54. The number of thiazole rings is 1. The largest absolute Gasteiger partial charge is 0.360 e. The molecule has 24 heavy (non-hydrogen) atoms. The van der Waals surface area contributed by atoms with Gasteiger partial charge in [-0.25, -0.2) is 9.37 Å². The average molecular weight is 366 g/mol. The molecule has 3 aromatic rings. The molecule has 0 aliphatic carbocycles. The van der Waals surface area contributed by atoms with Crippen LogP contribution in [0.15, 0.2) is 22.7 Å². The van der Waals surface area contributed by atoms with E-state index in [1.807, 2.05) is 13.8 Å². The highest BCUT2D eigenvalue weighted by atomic mass is 35.5. The second-order valence-corrected chi connectivity index (χ2v) is 6.78. The molecule has 1 aromatic carbocycles. The van der Waals surface area contributed by atoms with Gasteiger partial charge < -0.3 is 4.52 Å². The lowest BCUT2D eigenvalue weighted by Crippen LogP contribution is -2.13. The van der Waals surface area contributed by atoms with Crippen molar-refractivity contribution in [2.75, 3.05) is 5.32 Å². The average Bonchev–Trinajstić information content (AvgIpc) is 3.02. The Bertz CT molecular complexity index is 896. The molecule has 0 saturated carbocycles. The summed E-state index contributed by atoms with van der Waals surface area (Å²) in [5.74, 6) is -0.783. The Morgan fingerprint density at radius 1 is 1.33 bits per heavy atom. The number of nitrogens with zero attached hydrogens (tertiary/aromatic N) is 2. The van der Waals surface area contributed by atoms with Gasteiger partial charge in [0.1, 0.15) is 22.8 Å². The summed E-state index contributed by atoms with van der Waals surface area (Å²) < 4.78 is 19.3. The molecule has 8 heteroatoms. The molecule has 1 N–H and O–H groups in total. The number of hydrogen-bond donors (Lipinski definition) is 1. The van der Waals surface area contributed by atoms with Crippen molar-refractivity contribution in [1.82, 2.24) is 10.1 Å². The van der Waals surface area contributed by atoms with E-state index in [-0.39, 0.29) is 27.6 Å². The van der Waals surface area contributed by atoms with Crippen molar-refractivity contribution in [3.8, 4) is 11.3 Å². The molecule has 0 saturated heterocycles. The summed E-state index contributed by atoms with van der Waals surface area (Å²) >= 11 is 7.43. The summed E-state index contributed by atoms with van der Waals surface area (Å²) in [6, 6.07) is 4.26. The first-order valence-electron chi connectivity index (χ1n) is 7.04. The van der Waals surface area contributed by atoms with Gasteiger partial charge >= 0.3 is 0 Å². The molecule has 3 rings (SSSR count). The molecule has 0 unspecified atom stereocenters. The van der Waals surface area contributed by atoms with Gasteiger partial charge in [0.2, 0.25) is 0 Å². The third kappa shape index (κ3) is 2.92. The van der Waals surface area contributed by atoms with Crippen LogP contribution >= 0.6 is 22.9 Å². The number of halogens is 2. The highest BCUT2D eigenvalue weighted by Gasteiger charge is 2.26. The van der Waals surface area contributed by atoms with Crippen LogP contribution in [0.2, 0.25) is 5.02 Å². The molecule has 0 aliphatic rings. The first-order valence-corrected chi connectivity index (χ1v) is 8.24. The molecule has 1 amide bonds. The maximum absolute atomic E-state index is 14.2. The Balaban J connectivity index is 2.03. The number of benzene rings is 1. The van der Waals surface area contributed by atoms with Crippen molar-refractivity contribution in [3.05, 3.63) is 50.9 Å². The predicted octanol–water partition coefficient (Wildman–Crippen LogP) is 4.77. The maximum atomic E-state index is 14.2. The number of aryl methyl sites for hydroxylation is 3. The van der Waals surface area contributed by atoms with Crippen molar-refractivity contribution in [3.63, 3.8) is 0 Å². The fourth-order valence-electron chi connectivity index (χ4n) is 2.22. The van der Waals surface area contributed by atoms with Gasteiger partial charge in [-0.05, 0) is 32.9 Å². The lowest BCUT2D eigenvalue weighted by molar-refractivity contribution is 0.102. The SMILES string of the molecule is Cc1nc(NC(=O)c2c(-c3c(F)cccc3Cl)noc2C)sc1C. The van der Waals surface area contributed by atoms with E-state index in [9.17, 15) is 9.18 Å². The van der Waals surface area contributed by atoms with Gasteiger partial charge in [-0.2, -0.15) is 0 Å². The number of aromatic nitrogens is 2. The lowest BCUT2D eigenvalue weighted by Gasteiger charge is -2.05. The van der Waals surface area contributed by atoms with Gasteiger partial charge in [0, 0.05) is 4.88 Å². The highest BCUT2D eigenvalue weighted by molar-refractivity contribution is 7.15. The number of carbonyl (C=O) groups is 1. The third-order valence-corrected chi connectivity index (χ3v) is 4.84. The van der Waals surface area contributed by atoms with Gasteiger partial charge in [-0.1, -0.05) is 22.8 Å². The predicted molar refractivity (Wildman–Crippen MR) is 91.2 cm³/mol. The summed E-state index contributed by atoms with van der Waals surface area (Å²) in [5.41, 5.74) is 1.08. The fraction of sp³-hybridized carbons (Fsp3) is 0.188. The van der Waals surface area contributed by atoms with E-state index in [1.165, 1.54) is 29.5 Å². The van der Waals surface area contributed by atoms with Gasteiger partial charge in [0.05, 0.1) is 16.3 Å². The number of amides is 1. The van der Waals surface area contributed by atoms with Crippen LogP contribution in [0.3, 0.4) is 0 Å². The van der Waals surface area contributed by atoms with E-state index in [0.29, 0.717) is 5.13 Å². The number of anilines is 1. The highest BCUT2D eigenvalue weighted by Crippen LogP contribution is 2.34. The molecular formula is C16H13ClFN3O2S. The van der Waals surface area contributed by atoms with Crippen molar-refractivity contribution >= 4 is 34.0 Å². The molecule has 2 aromatic heterocycles. The van der Waals surface area contributed by atoms with Crippen LogP contribution in [0.1, 0.15) is 26.7 Å². The Labute approximate surface area is 146 Å². The number of rotatable bonds is 3. The van der Waals surface area contributed by atoms with Crippen LogP contribution in [-0.2, 0) is 0 Å². The Morgan fingerprint density at radius 2 is 2.08 bits per heavy atom. The molecule has 0 spiro atoms. The van der Waals surface area contributed by atoms with Crippen LogP contribution in [0.4, 0.5) is 9.52 Å². The first kappa shape index (κ1) is 16.6. The maximum Gasteiger partial charge on any atom is 0.263 e. The number of carbonyl (C=O) groups excluding carboxylic acids is 1. The molecular weight excluding hydrogens is 353 g/mol. The van der Waals surface area contributed by atoms with Gasteiger partial charge in [-0.3, -0.25) is 10.1 Å². The minimum Gasteiger partial charge on any atom is -0.360 e. The fourth-order valence-corrected chi connectivity index (χ4v) is 3.28. The van der Waals surface area contributed by atoms with Crippen molar-refractivity contribution in [2.24, 2.45) is 0 Å². The Morgan fingerprint density at radius 3 is 2.71 bits per heavy atom. The monoisotopic (exact) mass is 365 g/mol. The molecule has 0 aliphatic heterocycles. The van der Waals surface area contributed by atoms with E-state index < -0.39 is 11.7 Å². The van der Waals surface area contributed by atoms with Crippen molar-refractivity contribution < 1.29 is 13.7 Å². The normalized spacial score (nSPS) is 10.9. The van der Waals surface area contributed by atoms with Crippen LogP contribution < -0.4 is 5.32 Å². The van der Waals surface area contributed by atoms with Crippen molar-refractivity contribution in [1.29, 1.82) is 0 Å². The molecule has 0 radical (unpaired) electrons. The zero-order valence-electron chi connectivity index (χ0n) is 13.1. The van der Waals surface area contributed by atoms with Gasteiger partial charge in [0.15, 0.2) is 5.13 Å². The first-order chi connectivity index (χ1) is 11.4. The van der Waals surface area contributed by atoms with Crippen LogP contribution in [0, 0.1) is 26.6 Å². The topological polar surface area (TPSA) is 68.0 Å². The number of hydrogen-bond acceptors (Lipinski definition) is 5. The minimum absolute atomic E-state index is 0.0349. The van der Waals surface area contributed by atoms with Gasteiger partial charge in [-0.15, -0.1) is 11.3 Å². The second-order valence-electron chi connectivity index (χ2n) is 5.17. The van der Waals surface area contributed by atoms with E-state index in [0.717, 1.165) is 10.6 Å². The number of nitrogens with one attached hydrogen (secondary N) is 1. The molecule has 124 valence electrons. The van der Waals surface area contributed by atoms with E-state index >= 15 is 0 Å². The summed E-state index contributed by atoms with van der Waals surface area (Å²) in [7, 11) is 0. The minimum atomic E-state index is -0.578. The van der Waals surface area contributed by atoms with E-state index in [1.54, 1.807) is 6.92 Å². The van der Waals surface area contributed by atoms with Crippen LogP contribution in [0.5, 0.6) is 0 Å². The zero-order valence-corrected chi connectivity index (χ0v) is 14.7. The molecule has 5 nitrogen and oxygen atoms in total. The second kappa shape index (κ2) is 6.33. The lowest BCUT2D eigenvalue weighted by atomic mass is 10.1. The molecule has 0 fully saturated rings. The quantitative estimate of drug-likeness (QED) is 0.726. The van der Waals surface area contributed by atoms with E-state index in [4.69, 9.17) is 16.1 Å². The van der Waals surface area contributed by atoms with E-state index in [2.05, 4.69) is 15.5 Å². The molecule has 0 bridgehead atoms. The summed E-state index contributed by atoms with van der Waals surface area (Å²) in [5, 5.41) is 7.13. The standard InChI is InChI=1S/C16H13ClFN3O2S/c1-7-9(3)24-16(19-7)20-15(22)12-8(2)23-21-14(12)13-10(17)5-4-6-11(13)18/h4-6H,1-3H3,(H,19,20,22). The van der Waals surface area contributed by atoms with Gasteiger partial charge in [0.25, 0.3) is 5.91 Å².